The van der Waals surface area contributed by atoms with Crippen molar-refractivity contribution in [2.75, 3.05) is 12.3 Å². The molecule has 0 aliphatic carbocycles. The minimum atomic E-state index is -2.97. The summed E-state index contributed by atoms with van der Waals surface area (Å²) in [6.07, 6.45) is 0. The number of aromatic nitrogens is 3. The molecule has 0 atom stereocenters. The van der Waals surface area contributed by atoms with Crippen molar-refractivity contribution in [2.45, 2.75) is 45.4 Å². The summed E-state index contributed by atoms with van der Waals surface area (Å²) >= 11 is 0. The maximum absolute atomic E-state index is 13.6. The van der Waals surface area contributed by atoms with E-state index in [4.69, 9.17) is 10.5 Å². The summed E-state index contributed by atoms with van der Waals surface area (Å²) in [5.41, 5.74) is 6.09. The number of fused-ring (bicyclic) bond motifs is 3. The number of hydrogen-bond donors (Lipinski definition) is 2. The van der Waals surface area contributed by atoms with E-state index in [1.165, 1.54) is 12.1 Å². The van der Waals surface area contributed by atoms with Crippen LogP contribution in [-0.4, -0.2) is 37.8 Å². The fourth-order valence-electron chi connectivity index (χ4n) is 2.92. The van der Waals surface area contributed by atoms with Crippen LogP contribution < -0.4 is 5.73 Å². The van der Waals surface area contributed by atoms with E-state index in [9.17, 15) is 18.3 Å². The Kier molecular flexibility index (Phi) is 4.77. The molecule has 0 aliphatic rings. The van der Waals surface area contributed by atoms with Crippen molar-refractivity contribution < 1.29 is 23.0 Å². The Hall–Kier alpha value is -2.39. The Morgan fingerprint density at radius 2 is 1.93 bits per heavy atom. The summed E-state index contributed by atoms with van der Waals surface area (Å²) in [5, 5.41) is 10.9. The molecule has 0 saturated carbocycles. The number of imidazole rings is 1. The van der Waals surface area contributed by atoms with E-state index in [2.05, 4.69) is 9.97 Å². The summed E-state index contributed by atoms with van der Waals surface area (Å²) in [4.78, 5) is 8.56. The van der Waals surface area contributed by atoms with Crippen molar-refractivity contribution in [3.8, 4) is 0 Å². The third-order valence-electron chi connectivity index (χ3n) is 3.88. The Bertz CT molecular complexity index is 990. The highest BCUT2D eigenvalue weighted by Crippen LogP contribution is 2.30. The van der Waals surface area contributed by atoms with E-state index < -0.39 is 23.9 Å². The molecule has 0 fully saturated rings. The standard InChI is InChI=1S/C18H21F3N4O2/c1-17(2,26)8-25-13(7-27-9-18(3,20)21)24-14-15(25)11-5-4-10(19)6-12(11)23-16(14)22/h4-6,26H,7-9H2,1-3H3,(H2,22,23). The number of halogens is 3. The Morgan fingerprint density at radius 3 is 2.56 bits per heavy atom. The second-order valence-corrected chi connectivity index (χ2v) is 7.35. The number of aliphatic hydroxyl groups is 1. The Morgan fingerprint density at radius 1 is 1.22 bits per heavy atom. The minimum Gasteiger partial charge on any atom is -0.389 e. The van der Waals surface area contributed by atoms with Crippen LogP contribution in [0.2, 0.25) is 0 Å². The first kappa shape index (κ1) is 19.4. The third-order valence-corrected chi connectivity index (χ3v) is 3.88. The molecule has 0 aliphatic heterocycles. The molecule has 3 rings (SSSR count). The third kappa shape index (κ3) is 4.30. The molecule has 9 heteroatoms. The van der Waals surface area contributed by atoms with Crippen molar-refractivity contribution in [1.29, 1.82) is 0 Å². The fraction of sp³-hybridized carbons (Fsp3) is 0.444. The van der Waals surface area contributed by atoms with Gasteiger partial charge in [0.25, 0.3) is 5.92 Å². The van der Waals surface area contributed by atoms with Gasteiger partial charge < -0.3 is 20.1 Å². The van der Waals surface area contributed by atoms with E-state index in [1.54, 1.807) is 24.5 Å². The summed E-state index contributed by atoms with van der Waals surface area (Å²) in [6, 6.07) is 4.09. The SMILES string of the molecule is CC(C)(O)Cn1c(COCC(C)(F)F)nc2c(N)nc3cc(F)ccc3c21. The lowest BCUT2D eigenvalue weighted by molar-refractivity contribution is -0.0693. The molecule has 2 aromatic heterocycles. The van der Waals surface area contributed by atoms with Crippen LogP contribution >= 0.6 is 0 Å². The van der Waals surface area contributed by atoms with Crippen molar-refractivity contribution in [1.82, 2.24) is 14.5 Å². The van der Waals surface area contributed by atoms with E-state index >= 15 is 0 Å². The van der Waals surface area contributed by atoms with Crippen LogP contribution in [-0.2, 0) is 17.9 Å². The number of pyridine rings is 1. The molecule has 0 radical (unpaired) electrons. The van der Waals surface area contributed by atoms with Gasteiger partial charge in [0.05, 0.1) is 23.2 Å². The zero-order chi connectivity index (χ0) is 20.0. The number of rotatable bonds is 6. The van der Waals surface area contributed by atoms with E-state index in [0.717, 1.165) is 6.92 Å². The second-order valence-electron chi connectivity index (χ2n) is 7.35. The number of nitrogen functional groups attached to an aromatic ring is 1. The van der Waals surface area contributed by atoms with Gasteiger partial charge in [-0.3, -0.25) is 0 Å². The predicted molar refractivity (Wildman–Crippen MR) is 96.0 cm³/mol. The molecular formula is C18H21F3N4O2. The van der Waals surface area contributed by atoms with Crippen LogP contribution in [0, 0.1) is 5.82 Å². The molecule has 3 N–H and O–H groups in total. The minimum absolute atomic E-state index is 0.0830. The molecule has 1 aromatic carbocycles. The van der Waals surface area contributed by atoms with Gasteiger partial charge in [0.15, 0.2) is 5.82 Å². The molecule has 2 heterocycles. The summed E-state index contributed by atoms with van der Waals surface area (Å²) in [5.74, 6) is -3.03. The molecule has 0 amide bonds. The molecule has 0 spiro atoms. The quantitative estimate of drug-likeness (QED) is 0.684. The summed E-state index contributed by atoms with van der Waals surface area (Å²) in [6.45, 7) is 3.12. The lowest BCUT2D eigenvalue weighted by Crippen LogP contribution is -2.27. The van der Waals surface area contributed by atoms with Crippen LogP contribution in [0.3, 0.4) is 0 Å². The van der Waals surface area contributed by atoms with Crippen molar-refractivity contribution in [3.05, 3.63) is 29.8 Å². The predicted octanol–water partition coefficient (Wildman–Crippen LogP) is 3.25. The maximum atomic E-state index is 13.6. The molecule has 3 aromatic rings. The van der Waals surface area contributed by atoms with Crippen LogP contribution in [0.1, 0.15) is 26.6 Å². The molecule has 0 saturated heterocycles. The number of nitrogens with two attached hydrogens (primary N) is 1. The average Bonchev–Trinajstić information content (AvgIpc) is 2.83. The van der Waals surface area contributed by atoms with Gasteiger partial charge in [-0.2, -0.15) is 0 Å². The zero-order valence-electron chi connectivity index (χ0n) is 15.3. The smallest absolute Gasteiger partial charge is 0.268 e. The highest BCUT2D eigenvalue weighted by atomic mass is 19.3. The summed E-state index contributed by atoms with van der Waals surface area (Å²) < 4.78 is 46.5. The molecule has 0 bridgehead atoms. The van der Waals surface area contributed by atoms with E-state index in [-0.39, 0.29) is 19.0 Å². The van der Waals surface area contributed by atoms with Crippen LogP contribution in [0.5, 0.6) is 0 Å². The van der Waals surface area contributed by atoms with Gasteiger partial charge in [-0.1, -0.05) is 0 Å². The average molecular weight is 382 g/mol. The fourth-order valence-corrected chi connectivity index (χ4v) is 2.92. The summed E-state index contributed by atoms with van der Waals surface area (Å²) in [7, 11) is 0. The van der Waals surface area contributed by atoms with Gasteiger partial charge in [-0.25, -0.2) is 23.1 Å². The number of benzene rings is 1. The lowest BCUT2D eigenvalue weighted by atomic mass is 10.1. The zero-order valence-corrected chi connectivity index (χ0v) is 15.3. The normalized spacial score (nSPS) is 13.0. The van der Waals surface area contributed by atoms with Crippen molar-refractivity contribution in [2.24, 2.45) is 0 Å². The van der Waals surface area contributed by atoms with Gasteiger partial charge in [0.2, 0.25) is 0 Å². The van der Waals surface area contributed by atoms with Gasteiger partial charge in [-0.15, -0.1) is 0 Å². The first-order valence-corrected chi connectivity index (χ1v) is 8.36. The highest BCUT2D eigenvalue weighted by Gasteiger charge is 2.25. The second kappa shape index (κ2) is 6.65. The molecule has 27 heavy (non-hydrogen) atoms. The van der Waals surface area contributed by atoms with E-state index in [0.29, 0.717) is 27.8 Å². The van der Waals surface area contributed by atoms with Gasteiger partial charge in [-0.05, 0) is 26.0 Å². The van der Waals surface area contributed by atoms with Gasteiger partial charge >= 0.3 is 0 Å². The number of anilines is 1. The largest absolute Gasteiger partial charge is 0.389 e. The maximum Gasteiger partial charge on any atom is 0.268 e. The Labute approximate surface area is 153 Å². The van der Waals surface area contributed by atoms with Crippen molar-refractivity contribution in [3.63, 3.8) is 0 Å². The van der Waals surface area contributed by atoms with Crippen LogP contribution in [0.15, 0.2) is 18.2 Å². The lowest BCUT2D eigenvalue weighted by Gasteiger charge is -2.21. The van der Waals surface area contributed by atoms with Gasteiger partial charge in [0, 0.05) is 18.4 Å². The van der Waals surface area contributed by atoms with Crippen LogP contribution in [0.25, 0.3) is 21.9 Å². The topological polar surface area (TPSA) is 86.2 Å². The number of hydrogen-bond acceptors (Lipinski definition) is 5. The number of nitrogens with zero attached hydrogens (tertiary/aromatic N) is 3. The highest BCUT2D eigenvalue weighted by molar-refractivity contribution is 6.06. The van der Waals surface area contributed by atoms with E-state index in [1.807, 2.05) is 0 Å². The number of ether oxygens (including phenoxy) is 1. The van der Waals surface area contributed by atoms with Crippen molar-refractivity contribution >= 4 is 27.8 Å². The monoisotopic (exact) mass is 382 g/mol. The molecule has 146 valence electrons. The molecule has 6 nitrogen and oxygen atoms in total. The van der Waals surface area contributed by atoms with Gasteiger partial charge in [0.1, 0.15) is 30.4 Å². The Balaban J connectivity index is 2.18. The molecular weight excluding hydrogens is 361 g/mol. The number of alkyl halides is 2. The first-order chi connectivity index (χ1) is 12.4. The molecule has 0 unspecified atom stereocenters. The first-order valence-electron chi connectivity index (χ1n) is 8.36. The van der Waals surface area contributed by atoms with Crippen LogP contribution in [0.4, 0.5) is 19.0 Å².